The largest absolute Gasteiger partial charge is 0.379 e. The summed E-state index contributed by atoms with van der Waals surface area (Å²) in [5.74, 6) is 1.50. The first-order valence-electron chi connectivity index (χ1n) is 7.14. The first kappa shape index (κ1) is 19.7. The highest BCUT2D eigenvalue weighted by Crippen LogP contribution is 2.36. The topological polar surface area (TPSA) is 73.7 Å². The molecular weight excluding hydrogens is 469 g/mol. The van der Waals surface area contributed by atoms with E-state index in [0.29, 0.717) is 8.80 Å². The molecule has 0 saturated carbocycles. The summed E-state index contributed by atoms with van der Waals surface area (Å²) in [6.45, 7) is 2.08. The van der Waals surface area contributed by atoms with Gasteiger partial charge in [-0.05, 0) is 52.8 Å². The zero-order valence-electron chi connectivity index (χ0n) is 13.1. The minimum Gasteiger partial charge on any atom is -0.379 e. The summed E-state index contributed by atoms with van der Waals surface area (Å²) in [6, 6.07) is 14.7. The second kappa shape index (κ2) is 9.74. The highest BCUT2D eigenvalue weighted by molar-refractivity contribution is 14.1. The smallest absolute Gasteiger partial charge is 0.151 e. The van der Waals surface area contributed by atoms with Gasteiger partial charge in [-0.15, -0.1) is 0 Å². The lowest BCUT2D eigenvalue weighted by atomic mass is 10.2. The molecule has 24 heavy (non-hydrogen) atoms. The molecule has 0 amide bonds. The molecule has 0 unspecified atom stereocenters. The van der Waals surface area contributed by atoms with Crippen molar-refractivity contribution in [2.75, 3.05) is 0 Å². The minimum atomic E-state index is 0.143. The molecule has 126 valence electrons. The van der Waals surface area contributed by atoms with Crippen molar-refractivity contribution in [2.24, 2.45) is 5.73 Å². The average molecular weight is 487 g/mol. The van der Waals surface area contributed by atoms with E-state index in [1.807, 2.05) is 34.7 Å². The van der Waals surface area contributed by atoms with E-state index < -0.39 is 0 Å². The van der Waals surface area contributed by atoms with Crippen LogP contribution < -0.4 is 5.73 Å². The monoisotopic (exact) mass is 487 g/mol. The van der Waals surface area contributed by atoms with Gasteiger partial charge in [0.25, 0.3) is 0 Å². The second-order valence-corrected chi connectivity index (χ2v) is 9.93. The number of halogens is 1. The third kappa shape index (κ3) is 6.34. The number of thioether (sulfide) groups is 2. The fourth-order valence-electron chi connectivity index (χ4n) is 2.06. The maximum absolute atomic E-state index is 7.60. The Morgan fingerprint density at radius 1 is 1.00 bits per heavy atom. The van der Waals surface area contributed by atoms with Gasteiger partial charge in [-0.1, -0.05) is 71.2 Å². The average Bonchev–Trinajstić information content (AvgIpc) is 2.54. The zero-order chi connectivity index (χ0) is 17.5. The number of rotatable bonds is 6. The fourth-order valence-corrected chi connectivity index (χ4v) is 4.85. The molecule has 0 atom stereocenters. The summed E-state index contributed by atoms with van der Waals surface area (Å²) in [4.78, 5) is 2.40. The molecule has 0 aliphatic carbocycles. The van der Waals surface area contributed by atoms with E-state index in [0.717, 1.165) is 5.75 Å². The maximum atomic E-state index is 7.60. The van der Waals surface area contributed by atoms with Gasteiger partial charge < -0.3 is 5.73 Å². The predicted molar refractivity (Wildman–Crippen MR) is 118 cm³/mol. The van der Waals surface area contributed by atoms with Crippen LogP contribution in [0.1, 0.15) is 16.7 Å². The standard InChI is InChI=1S/C17H18IN3S3/c1-11-6-7-15(13(8-11)10-23-17(20)21)24-14-5-3-2-4-12(14)9-22-16(18)19/h2-8,19H,9-10H2,1H3,(H3,20,21). The van der Waals surface area contributed by atoms with E-state index in [-0.39, 0.29) is 5.17 Å². The molecule has 0 bridgehead atoms. The molecule has 0 aliphatic rings. The van der Waals surface area contributed by atoms with Crippen LogP contribution in [0, 0.1) is 17.7 Å². The van der Waals surface area contributed by atoms with Crippen LogP contribution in [0.25, 0.3) is 0 Å². The van der Waals surface area contributed by atoms with Gasteiger partial charge in [0.15, 0.2) is 5.17 Å². The first-order valence-corrected chi connectivity index (χ1v) is 11.0. The van der Waals surface area contributed by atoms with Gasteiger partial charge in [0.1, 0.15) is 3.05 Å². The van der Waals surface area contributed by atoms with E-state index in [4.69, 9.17) is 16.6 Å². The van der Waals surface area contributed by atoms with E-state index in [9.17, 15) is 0 Å². The van der Waals surface area contributed by atoms with Crippen molar-refractivity contribution < 1.29 is 0 Å². The van der Waals surface area contributed by atoms with Crippen molar-refractivity contribution in [2.45, 2.75) is 28.2 Å². The summed E-state index contributed by atoms with van der Waals surface area (Å²) in [5, 5.41) is 15.2. The SMILES string of the molecule is Cc1ccc(Sc2ccccc2CSC(=N)I)c(CSC(=N)N)c1. The summed E-state index contributed by atoms with van der Waals surface area (Å²) in [6.07, 6.45) is 0. The van der Waals surface area contributed by atoms with Crippen LogP contribution in [-0.2, 0) is 11.5 Å². The Bertz CT molecular complexity index is 750. The van der Waals surface area contributed by atoms with E-state index >= 15 is 0 Å². The Labute approximate surface area is 169 Å². The van der Waals surface area contributed by atoms with E-state index in [1.54, 1.807) is 11.8 Å². The third-order valence-electron chi connectivity index (χ3n) is 3.15. The van der Waals surface area contributed by atoms with Gasteiger partial charge in [0.2, 0.25) is 0 Å². The Morgan fingerprint density at radius 3 is 2.38 bits per heavy atom. The third-order valence-corrected chi connectivity index (χ3v) is 6.79. The first-order chi connectivity index (χ1) is 11.5. The van der Waals surface area contributed by atoms with Crippen molar-refractivity contribution in [1.29, 1.82) is 10.8 Å². The molecular formula is C17H18IN3S3. The highest BCUT2D eigenvalue weighted by atomic mass is 127. The van der Waals surface area contributed by atoms with E-state index in [1.165, 1.54) is 50.0 Å². The number of nitrogens with one attached hydrogen (secondary N) is 2. The summed E-state index contributed by atoms with van der Waals surface area (Å²) >= 11 is 6.67. The minimum absolute atomic E-state index is 0.143. The number of aryl methyl sites for hydroxylation is 1. The van der Waals surface area contributed by atoms with Crippen LogP contribution in [0.2, 0.25) is 0 Å². The molecule has 0 saturated heterocycles. The number of hydrogen-bond acceptors (Lipinski definition) is 5. The molecule has 0 aliphatic heterocycles. The lowest BCUT2D eigenvalue weighted by Gasteiger charge is -2.13. The molecule has 2 aromatic rings. The van der Waals surface area contributed by atoms with Gasteiger partial charge in [-0.2, -0.15) is 0 Å². The van der Waals surface area contributed by atoms with Gasteiger partial charge >= 0.3 is 0 Å². The Kier molecular flexibility index (Phi) is 7.99. The van der Waals surface area contributed by atoms with Crippen molar-refractivity contribution in [1.82, 2.24) is 0 Å². The maximum Gasteiger partial charge on any atom is 0.151 e. The van der Waals surface area contributed by atoms with Crippen molar-refractivity contribution in [3.63, 3.8) is 0 Å². The van der Waals surface area contributed by atoms with Crippen molar-refractivity contribution >= 4 is 66.1 Å². The molecule has 0 radical (unpaired) electrons. The number of hydrogen-bond donors (Lipinski definition) is 3. The normalized spacial score (nSPS) is 10.6. The van der Waals surface area contributed by atoms with Crippen LogP contribution in [0.15, 0.2) is 52.3 Å². The number of benzene rings is 2. The number of nitrogens with two attached hydrogens (primary N) is 1. The second-order valence-electron chi connectivity index (χ2n) is 5.04. The molecule has 3 nitrogen and oxygen atoms in total. The molecule has 4 N–H and O–H groups in total. The van der Waals surface area contributed by atoms with E-state index in [2.05, 4.69) is 37.3 Å². The van der Waals surface area contributed by atoms with Crippen LogP contribution in [0.4, 0.5) is 0 Å². The fraction of sp³-hybridized carbons (Fsp3) is 0.176. The molecule has 0 fully saturated rings. The summed E-state index contributed by atoms with van der Waals surface area (Å²) < 4.78 is 0.598. The van der Waals surface area contributed by atoms with Gasteiger partial charge in [0, 0.05) is 21.3 Å². The van der Waals surface area contributed by atoms with Crippen LogP contribution >= 0.6 is 57.9 Å². The lowest BCUT2D eigenvalue weighted by molar-refractivity contribution is 1.22. The van der Waals surface area contributed by atoms with Crippen molar-refractivity contribution in [3.05, 3.63) is 59.2 Å². The molecule has 7 heteroatoms. The molecule has 0 heterocycles. The molecule has 0 spiro atoms. The summed E-state index contributed by atoms with van der Waals surface area (Å²) in [7, 11) is 0. The molecule has 0 aromatic heterocycles. The van der Waals surface area contributed by atoms with Gasteiger partial charge in [0.05, 0.1) is 0 Å². The van der Waals surface area contributed by atoms with Crippen LogP contribution in [0.3, 0.4) is 0 Å². The zero-order valence-corrected chi connectivity index (χ0v) is 17.7. The molecule has 2 aromatic carbocycles. The Balaban J connectivity index is 2.24. The van der Waals surface area contributed by atoms with Gasteiger partial charge in [-0.25, -0.2) is 0 Å². The Morgan fingerprint density at radius 2 is 1.67 bits per heavy atom. The summed E-state index contributed by atoms with van der Waals surface area (Å²) in [5.41, 5.74) is 9.13. The lowest BCUT2D eigenvalue weighted by Crippen LogP contribution is -2.04. The quantitative estimate of drug-likeness (QED) is 0.271. The number of amidine groups is 1. The van der Waals surface area contributed by atoms with Gasteiger partial charge in [-0.3, -0.25) is 10.8 Å². The molecule has 2 rings (SSSR count). The van der Waals surface area contributed by atoms with Crippen LogP contribution in [-0.4, -0.2) is 8.22 Å². The highest BCUT2D eigenvalue weighted by Gasteiger charge is 2.10. The predicted octanol–water partition coefficient (Wildman–Crippen LogP) is 5.88. The Hall–Kier alpha value is -0.640. The van der Waals surface area contributed by atoms with Crippen LogP contribution in [0.5, 0.6) is 0 Å². The van der Waals surface area contributed by atoms with Crippen molar-refractivity contribution in [3.8, 4) is 0 Å².